The quantitative estimate of drug-likeness (QED) is 0.189. The van der Waals surface area contributed by atoms with Crippen LogP contribution in [0.15, 0.2) is 168 Å². The Morgan fingerprint density at radius 1 is 0.667 bits per heavy atom. The van der Waals surface area contributed by atoms with E-state index in [1.54, 1.807) is 0 Å². The lowest BCUT2D eigenvalue weighted by molar-refractivity contribution is 0.541. The zero-order valence-corrected chi connectivity index (χ0v) is 28.6. The normalized spacial score (nSPS) is 21.6. The van der Waals surface area contributed by atoms with E-state index in [1.807, 2.05) is 0 Å². The second kappa shape index (κ2) is 10.5. The largest absolute Gasteiger partial charge is 0.456 e. The average molecular weight is 657 g/mol. The molecule has 3 nitrogen and oxygen atoms in total. The minimum atomic E-state index is -0.228. The molecule has 0 saturated carbocycles. The summed E-state index contributed by atoms with van der Waals surface area (Å²) < 4.78 is 9.35. The van der Waals surface area contributed by atoms with Gasteiger partial charge in [-0.2, -0.15) is 0 Å². The Labute approximate surface area is 297 Å². The van der Waals surface area contributed by atoms with Crippen LogP contribution in [-0.4, -0.2) is 10.1 Å². The molecule has 0 N–H and O–H groups in total. The molecular formula is C48H36N2O. The Kier molecular flexibility index (Phi) is 5.90. The van der Waals surface area contributed by atoms with Crippen LogP contribution in [0.2, 0.25) is 0 Å². The fraction of sp³-hybridized carbons (Fsp3) is 0.125. The Bertz CT molecular complexity index is 2760. The fourth-order valence-electron chi connectivity index (χ4n) is 9.77. The number of benzene rings is 6. The predicted molar refractivity (Wildman–Crippen MR) is 211 cm³/mol. The summed E-state index contributed by atoms with van der Waals surface area (Å²) in [6, 6.07) is 51.2. The minimum absolute atomic E-state index is 0.0931. The van der Waals surface area contributed by atoms with Crippen molar-refractivity contribution in [2.24, 2.45) is 0 Å². The number of nitrogens with zero attached hydrogens (tertiary/aromatic N) is 2. The second-order valence-corrected chi connectivity index (χ2v) is 14.7. The third kappa shape index (κ3) is 3.89. The van der Waals surface area contributed by atoms with Crippen molar-refractivity contribution in [1.82, 2.24) is 4.57 Å². The van der Waals surface area contributed by atoms with Crippen molar-refractivity contribution in [2.45, 2.75) is 37.1 Å². The topological polar surface area (TPSA) is 21.3 Å². The molecule has 244 valence electrons. The number of hydrogen-bond acceptors (Lipinski definition) is 2. The van der Waals surface area contributed by atoms with Gasteiger partial charge < -0.3 is 13.9 Å². The smallest absolute Gasteiger partial charge is 0.141 e. The third-order valence-electron chi connectivity index (χ3n) is 12.0. The number of anilines is 2. The number of rotatable bonds is 3. The highest BCUT2D eigenvalue weighted by molar-refractivity contribution is 6.03. The highest BCUT2D eigenvalue weighted by atomic mass is 16.3. The van der Waals surface area contributed by atoms with Gasteiger partial charge in [0.05, 0.1) is 11.1 Å². The molecule has 11 rings (SSSR count). The molecule has 3 heteroatoms. The number of para-hydroxylation sites is 3. The van der Waals surface area contributed by atoms with E-state index in [0.29, 0.717) is 0 Å². The summed E-state index contributed by atoms with van der Waals surface area (Å²) >= 11 is 0. The zero-order chi connectivity index (χ0) is 33.8. The first-order valence-electron chi connectivity index (χ1n) is 18.1. The summed E-state index contributed by atoms with van der Waals surface area (Å²) in [5.41, 5.74) is 12.1. The van der Waals surface area contributed by atoms with E-state index in [2.05, 4.69) is 187 Å². The molecule has 2 aromatic heterocycles. The highest BCUT2D eigenvalue weighted by Crippen LogP contribution is 2.59. The Balaban J connectivity index is 1.17. The summed E-state index contributed by atoms with van der Waals surface area (Å²) in [5, 5.41) is 4.96. The summed E-state index contributed by atoms with van der Waals surface area (Å²) in [4.78, 5) is 2.57. The number of aromatic nitrogens is 1. The highest BCUT2D eigenvalue weighted by Gasteiger charge is 2.48. The van der Waals surface area contributed by atoms with Crippen LogP contribution in [0.5, 0.6) is 0 Å². The van der Waals surface area contributed by atoms with Crippen LogP contribution in [0.25, 0.3) is 49.7 Å². The van der Waals surface area contributed by atoms with Crippen LogP contribution in [0.1, 0.15) is 54.0 Å². The number of fused-ring (bicyclic) bond motifs is 11. The molecular weight excluding hydrogens is 621 g/mol. The number of furan rings is 1. The SMILES string of the molecule is CC1c2c(oc3ccccc23)-c2c(n(-c3ccccc3)c3ccccc23)C1c1ccc2c(c1)C1C=CC=CC1(C)N2c1ccc2ccccc2c1. The van der Waals surface area contributed by atoms with Crippen LogP contribution < -0.4 is 4.90 Å². The van der Waals surface area contributed by atoms with E-state index in [4.69, 9.17) is 4.42 Å². The molecule has 0 spiro atoms. The van der Waals surface area contributed by atoms with Crippen molar-refractivity contribution < 1.29 is 4.42 Å². The van der Waals surface area contributed by atoms with Gasteiger partial charge in [-0.15, -0.1) is 0 Å². The first-order valence-corrected chi connectivity index (χ1v) is 18.1. The van der Waals surface area contributed by atoms with Crippen molar-refractivity contribution in [3.05, 3.63) is 186 Å². The van der Waals surface area contributed by atoms with E-state index in [1.165, 1.54) is 72.1 Å². The van der Waals surface area contributed by atoms with Crippen molar-refractivity contribution in [3.63, 3.8) is 0 Å². The minimum Gasteiger partial charge on any atom is -0.456 e. The van der Waals surface area contributed by atoms with Gasteiger partial charge in [0.25, 0.3) is 0 Å². The molecule has 1 aliphatic heterocycles. The van der Waals surface area contributed by atoms with Crippen molar-refractivity contribution in [1.29, 1.82) is 0 Å². The summed E-state index contributed by atoms with van der Waals surface area (Å²) in [6.45, 7) is 4.80. The van der Waals surface area contributed by atoms with Crippen LogP contribution in [0, 0.1) is 0 Å². The molecule has 0 fully saturated rings. The maximum atomic E-state index is 6.84. The van der Waals surface area contributed by atoms with Crippen molar-refractivity contribution >= 4 is 44.0 Å². The van der Waals surface area contributed by atoms with Crippen LogP contribution in [0.3, 0.4) is 0 Å². The third-order valence-corrected chi connectivity index (χ3v) is 12.0. The molecule has 0 bridgehead atoms. The van der Waals surface area contributed by atoms with Crippen molar-refractivity contribution in [3.8, 4) is 17.0 Å². The second-order valence-electron chi connectivity index (χ2n) is 14.7. The number of allylic oxidation sites excluding steroid dienone is 2. The van der Waals surface area contributed by atoms with Crippen LogP contribution in [-0.2, 0) is 0 Å². The van der Waals surface area contributed by atoms with E-state index >= 15 is 0 Å². The average Bonchev–Trinajstić information content (AvgIpc) is 3.81. The van der Waals surface area contributed by atoms with Gasteiger partial charge >= 0.3 is 0 Å². The molecule has 4 unspecified atom stereocenters. The molecule has 0 radical (unpaired) electrons. The Morgan fingerprint density at radius 3 is 2.31 bits per heavy atom. The van der Waals surface area contributed by atoms with Crippen LogP contribution in [0.4, 0.5) is 11.4 Å². The van der Waals surface area contributed by atoms with Gasteiger partial charge in [-0.3, -0.25) is 0 Å². The predicted octanol–water partition coefficient (Wildman–Crippen LogP) is 12.6. The molecule has 2 aliphatic carbocycles. The molecule has 3 heterocycles. The lowest BCUT2D eigenvalue weighted by Gasteiger charge is -2.39. The maximum absolute atomic E-state index is 6.84. The molecule has 3 aliphatic rings. The van der Waals surface area contributed by atoms with Crippen molar-refractivity contribution in [2.75, 3.05) is 4.90 Å². The number of hydrogen-bond donors (Lipinski definition) is 0. The van der Waals surface area contributed by atoms with Crippen LogP contribution >= 0.6 is 0 Å². The molecule has 0 saturated heterocycles. The fourth-order valence-corrected chi connectivity index (χ4v) is 9.77. The maximum Gasteiger partial charge on any atom is 0.141 e. The summed E-state index contributed by atoms with van der Waals surface area (Å²) in [5.74, 6) is 1.49. The van der Waals surface area contributed by atoms with E-state index in [-0.39, 0.29) is 23.3 Å². The van der Waals surface area contributed by atoms with Gasteiger partial charge in [0.1, 0.15) is 11.3 Å². The van der Waals surface area contributed by atoms with Gasteiger partial charge in [-0.25, -0.2) is 0 Å². The van der Waals surface area contributed by atoms with E-state index in [0.717, 1.165) is 11.3 Å². The van der Waals surface area contributed by atoms with Gasteiger partial charge in [0.2, 0.25) is 0 Å². The Hall–Kier alpha value is -6.06. The molecule has 6 aromatic carbocycles. The summed E-state index contributed by atoms with van der Waals surface area (Å²) in [7, 11) is 0. The Morgan fingerprint density at radius 2 is 1.43 bits per heavy atom. The molecule has 0 amide bonds. The van der Waals surface area contributed by atoms with Gasteiger partial charge in [-0.05, 0) is 77.2 Å². The monoisotopic (exact) mass is 656 g/mol. The lowest BCUT2D eigenvalue weighted by atomic mass is 9.72. The van der Waals surface area contributed by atoms with Gasteiger partial charge in [0, 0.05) is 56.5 Å². The molecule has 8 aromatic rings. The first-order chi connectivity index (χ1) is 25.1. The van der Waals surface area contributed by atoms with E-state index in [9.17, 15) is 0 Å². The van der Waals surface area contributed by atoms with E-state index < -0.39 is 0 Å². The lowest BCUT2D eigenvalue weighted by Crippen LogP contribution is -2.41. The van der Waals surface area contributed by atoms with Gasteiger partial charge in [-0.1, -0.05) is 128 Å². The zero-order valence-electron chi connectivity index (χ0n) is 28.6. The van der Waals surface area contributed by atoms with Gasteiger partial charge in [0.15, 0.2) is 0 Å². The molecule has 4 atom stereocenters. The molecule has 51 heavy (non-hydrogen) atoms. The summed E-state index contributed by atoms with van der Waals surface area (Å²) in [6.07, 6.45) is 9.25. The first kappa shape index (κ1) is 28.7. The standard InChI is InChI=1S/C48H36N2O/c1-30-43(33-24-26-41-38(29-33)39-20-12-13-27-48(39,2)50(41)35-25-23-31-14-6-7-15-32(31)28-35)46-45(47-44(30)37-19-9-11-22-42(37)51-47)36-18-8-10-21-40(36)49(46)34-16-4-3-5-17-34/h3-30,39,43H,1-2H3.